The van der Waals surface area contributed by atoms with E-state index in [1.54, 1.807) is 11.4 Å². The number of sulfonamides is 1. The minimum atomic E-state index is -3.02. The molecular formula is C18H32IN5O2S. The molecule has 9 heteroatoms. The van der Waals surface area contributed by atoms with Crippen LogP contribution in [0, 0.1) is 0 Å². The molecule has 0 atom stereocenters. The van der Waals surface area contributed by atoms with Crippen LogP contribution in [-0.4, -0.2) is 70.8 Å². The number of aliphatic imine (C=N–C) groups is 1. The highest BCUT2D eigenvalue weighted by Crippen LogP contribution is 2.13. The average molecular weight is 509 g/mol. The Morgan fingerprint density at radius 2 is 1.93 bits per heavy atom. The molecule has 0 unspecified atom stereocenters. The van der Waals surface area contributed by atoms with Crippen molar-refractivity contribution in [3.63, 3.8) is 0 Å². The van der Waals surface area contributed by atoms with E-state index in [1.165, 1.54) is 5.69 Å². The molecule has 1 aliphatic rings. The zero-order valence-corrected chi connectivity index (χ0v) is 19.4. The third-order valence-corrected chi connectivity index (χ3v) is 6.44. The topological polar surface area (TPSA) is 77.0 Å². The van der Waals surface area contributed by atoms with Gasteiger partial charge in [-0.05, 0) is 31.9 Å². The molecule has 0 radical (unpaired) electrons. The molecule has 154 valence electrons. The SMILES string of the molecule is CCN(CCCNC(=NC)NCCN1CCCS1(=O)=O)c1ccccc1.I. The Balaban J connectivity index is 0.00000364. The van der Waals surface area contributed by atoms with Gasteiger partial charge in [0.25, 0.3) is 0 Å². The number of benzene rings is 1. The van der Waals surface area contributed by atoms with Crippen LogP contribution in [0.4, 0.5) is 5.69 Å². The predicted molar refractivity (Wildman–Crippen MR) is 124 cm³/mol. The van der Waals surface area contributed by atoms with Gasteiger partial charge in [0, 0.05) is 52.0 Å². The normalized spacial score (nSPS) is 16.6. The summed E-state index contributed by atoms with van der Waals surface area (Å²) >= 11 is 0. The van der Waals surface area contributed by atoms with E-state index >= 15 is 0 Å². The number of rotatable bonds is 9. The van der Waals surface area contributed by atoms with Gasteiger partial charge < -0.3 is 15.5 Å². The predicted octanol–water partition coefficient (Wildman–Crippen LogP) is 1.72. The Hall–Kier alpha value is -1.07. The summed E-state index contributed by atoms with van der Waals surface area (Å²) in [7, 11) is -1.30. The first kappa shape index (κ1) is 24.0. The Kier molecular flexibility index (Phi) is 11.0. The first-order chi connectivity index (χ1) is 12.6. The lowest BCUT2D eigenvalue weighted by molar-refractivity contribution is 0.445. The van der Waals surface area contributed by atoms with Crippen molar-refractivity contribution in [3.8, 4) is 0 Å². The monoisotopic (exact) mass is 509 g/mol. The van der Waals surface area contributed by atoms with Crippen molar-refractivity contribution in [3.05, 3.63) is 30.3 Å². The van der Waals surface area contributed by atoms with E-state index < -0.39 is 10.0 Å². The fourth-order valence-electron chi connectivity index (χ4n) is 3.05. The lowest BCUT2D eigenvalue weighted by Gasteiger charge is -2.23. The summed E-state index contributed by atoms with van der Waals surface area (Å²) < 4.78 is 25.1. The molecule has 0 amide bonds. The van der Waals surface area contributed by atoms with E-state index in [1.807, 2.05) is 6.07 Å². The molecule has 2 N–H and O–H groups in total. The van der Waals surface area contributed by atoms with Crippen LogP contribution in [0.5, 0.6) is 0 Å². The van der Waals surface area contributed by atoms with E-state index in [9.17, 15) is 8.42 Å². The van der Waals surface area contributed by atoms with E-state index in [0.29, 0.717) is 25.6 Å². The second-order valence-corrected chi connectivity index (χ2v) is 8.35. The highest BCUT2D eigenvalue weighted by molar-refractivity contribution is 14.0. The third-order valence-electron chi connectivity index (χ3n) is 4.48. The van der Waals surface area contributed by atoms with Gasteiger partial charge in [0.05, 0.1) is 5.75 Å². The average Bonchev–Trinajstić information content (AvgIpc) is 2.99. The van der Waals surface area contributed by atoms with Crippen molar-refractivity contribution < 1.29 is 8.42 Å². The number of para-hydroxylation sites is 1. The summed E-state index contributed by atoms with van der Waals surface area (Å²) in [4.78, 5) is 6.54. The molecule has 1 fully saturated rings. The summed E-state index contributed by atoms with van der Waals surface area (Å²) in [6.45, 7) is 6.59. The first-order valence-corrected chi connectivity index (χ1v) is 10.9. The Morgan fingerprint density at radius 3 is 2.52 bits per heavy atom. The molecule has 7 nitrogen and oxygen atoms in total. The van der Waals surface area contributed by atoms with Crippen LogP contribution >= 0.6 is 24.0 Å². The highest BCUT2D eigenvalue weighted by Gasteiger charge is 2.27. The van der Waals surface area contributed by atoms with Gasteiger partial charge in [-0.3, -0.25) is 4.99 Å². The number of nitrogens with zero attached hydrogens (tertiary/aromatic N) is 3. The van der Waals surface area contributed by atoms with Gasteiger partial charge in [-0.2, -0.15) is 0 Å². The number of nitrogens with one attached hydrogen (secondary N) is 2. The van der Waals surface area contributed by atoms with Gasteiger partial charge in [0.15, 0.2) is 5.96 Å². The molecule has 1 saturated heterocycles. The largest absolute Gasteiger partial charge is 0.372 e. The van der Waals surface area contributed by atoms with E-state index in [0.717, 1.165) is 32.5 Å². The molecule has 27 heavy (non-hydrogen) atoms. The molecule has 1 heterocycles. The molecule has 1 aliphatic heterocycles. The number of guanidine groups is 1. The van der Waals surface area contributed by atoms with Crippen molar-refractivity contribution in [1.29, 1.82) is 0 Å². The maximum Gasteiger partial charge on any atom is 0.214 e. The summed E-state index contributed by atoms with van der Waals surface area (Å²) in [5.41, 5.74) is 1.24. The van der Waals surface area contributed by atoms with Crippen molar-refractivity contribution in [1.82, 2.24) is 14.9 Å². The summed E-state index contributed by atoms with van der Waals surface area (Å²) in [6.07, 6.45) is 1.72. The van der Waals surface area contributed by atoms with Gasteiger partial charge >= 0.3 is 0 Å². The summed E-state index contributed by atoms with van der Waals surface area (Å²) in [5, 5.41) is 6.48. The second kappa shape index (κ2) is 12.4. The van der Waals surface area contributed by atoms with Crippen molar-refractivity contribution in [2.24, 2.45) is 4.99 Å². The first-order valence-electron chi connectivity index (χ1n) is 9.29. The lowest BCUT2D eigenvalue weighted by atomic mass is 10.2. The maximum absolute atomic E-state index is 11.8. The van der Waals surface area contributed by atoms with Crippen molar-refractivity contribution >= 4 is 45.6 Å². The molecule has 0 aliphatic carbocycles. The quantitative estimate of drug-likeness (QED) is 0.230. The number of halogens is 1. The van der Waals surface area contributed by atoms with Crippen LogP contribution < -0.4 is 15.5 Å². The van der Waals surface area contributed by atoms with Crippen LogP contribution in [0.3, 0.4) is 0 Å². The van der Waals surface area contributed by atoms with Crippen LogP contribution in [0.1, 0.15) is 19.8 Å². The Morgan fingerprint density at radius 1 is 1.22 bits per heavy atom. The van der Waals surface area contributed by atoms with E-state index in [2.05, 4.69) is 51.7 Å². The van der Waals surface area contributed by atoms with Crippen LogP contribution in [0.25, 0.3) is 0 Å². The molecule has 1 aromatic carbocycles. The summed E-state index contributed by atoms with van der Waals surface area (Å²) in [5.74, 6) is 0.985. The molecule has 0 bridgehead atoms. The van der Waals surface area contributed by atoms with Gasteiger partial charge in [-0.25, -0.2) is 12.7 Å². The molecule has 0 aromatic heterocycles. The minimum Gasteiger partial charge on any atom is -0.372 e. The Labute approximate surface area is 180 Å². The lowest BCUT2D eigenvalue weighted by Crippen LogP contribution is -2.42. The highest BCUT2D eigenvalue weighted by atomic mass is 127. The Bertz CT molecular complexity index is 670. The standard InChI is InChI=1S/C18H31N5O2S.HI/c1-3-22(17-9-5-4-6-10-17)13-7-11-20-18(19-2)21-12-15-23-14-8-16-26(23,24)25;/h4-6,9-10H,3,7-8,11-16H2,1-2H3,(H2,19,20,21);1H. The maximum atomic E-state index is 11.8. The molecule has 0 spiro atoms. The van der Waals surface area contributed by atoms with E-state index in [4.69, 9.17) is 0 Å². The number of anilines is 1. The zero-order valence-electron chi connectivity index (χ0n) is 16.2. The number of hydrogen-bond donors (Lipinski definition) is 2. The van der Waals surface area contributed by atoms with Gasteiger partial charge in [-0.15, -0.1) is 24.0 Å². The van der Waals surface area contributed by atoms with Crippen LogP contribution in [0.2, 0.25) is 0 Å². The second-order valence-electron chi connectivity index (χ2n) is 6.26. The molecule has 1 aromatic rings. The fourth-order valence-corrected chi connectivity index (χ4v) is 4.58. The van der Waals surface area contributed by atoms with E-state index in [-0.39, 0.29) is 29.7 Å². The van der Waals surface area contributed by atoms with Gasteiger partial charge in [0.1, 0.15) is 0 Å². The van der Waals surface area contributed by atoms with Crippen molar-refractivity contribution in [2.75, 3.05) is 57.0 Å². The van der Waals surface area contributed by atoms with Crippen molar-refractivity contribution in [2.45, 2.75) is 19.8 Å². The van der Waals surface area contributed by atoms with Crippen LogP contribution in [-0.2, 0) is 10.0 Å². The number of hydrogen-bond acceptors (Lipinski definition) is 4. The molecule has 0 saturated carbocycles. The minimum absolute atomic E-state index is 0. The smallest absolute Gasteiger partial charge is 0.214 e. The van der Waals surface area contributed by atoms with Gasteiger partial charge in [0.2, 0.25) is 10.0 Å². The zero-order chi connectivity index (χ0) is 18.8. The van der Waals surface area contributed by atoms with Gasteiger partial charge in [-0.1, -0.05) is 18.2 Å². The van der Waals surface area contributed by atoms with Crippen LogP contribution in [0.15, 0.2) is 35.3 Å². The molecule has 2 rings (SSSR count). The molecular weight excluding hydrogens is 477 g/mol. The summed E-state index contributed by atoms with van der Waals surface area (Å²) in [6, 6.07) is 10.4. The fraction of sp³-hybridized carbons (Fsp3) is 0.611. The third kappa shape index (κ3) is 7.82.